The van der Waals surface area contributed by atoms with Crippen LogP contribution in [0.2, 0.25) is 0 Å². The van der Waals surface area contributed by atoms with E-state index in [4.69, 9.17) is 0 Å². The molecule has 0 aromatic carbocycles. The Morgan fingerprint density at radius 3 is 2.41 bits per heavy atom. The number of nitrogens with zero attached hydrogens (tertiary/aromatic N) is 3. The van der Waals surface area contributed by atoms with Gasteiger partial charge in [-0.05, 0) is 31.1 Å². The second-order valence-electron chi connectivity index (χ2n) is 5.80. The highest BCUT2D eigenvalue weighted by molar-refractivity contribution is 4.92. The van der Waals surface area contributed by atoms with Gasteiger partial charge in [-0.15, -0.1) is 5.10 Å². The van der Waals surface area contributed by atoms with E-state index in [2.05, 4.69) is 44.2 Å². The van der Waals surface area contributed by atoms with Crippen LogP contribution in [0.1, 0.15) is 59.1 Å². The van der Waals surface area contributed by atoms with Crippen molar-refractivity contribution in [3.8, 4) is 0 Å². The zero-order chi connectivity index (χ0) is 12.7. The molecule has 0 unspecified atom stereocenters. The molecule has 0 amide bonds. The average Bonchev–Trinajstić information content (AvgIpc) is 2.69. The molecule has 1 aromatic rings. The van der Waals surface area contributed by atoms with E-state index >= 15 is 0 Å². The summed E-state index contributed by atoms with van der Waals surface area (Å²) in [5.74, 6) is 1.55. The number of aromatic nitrogens is 3. The maximum absolute atomic E-state index is 4.21. The van der Waals surface area contributed by atoms with Crippen molar-refractivity contribution < 1.29 is 0 Å². The fraction of sp³-hybridized carbons (Fsp3) is 0.857. The van der Waals surface area contributed by atoms with Crippen molar-refractivity contribution in [2.24, 2.45) is 11.8 Å². The van der Waals surface area contributed by atoms with Gasteiger partial charge in [0.05, 0.1) is 5.69 Å². The van der Waals surface area contributed by atoms with Crippen LogP contribution in [0.15, 0.2) is 6.20 Å². The highest BCUT2D eigenvalue weighted by Gasteiger charge is 2.02. The third kappa shape index (κ3) is 6.44. The molecular weight excluding hydrogens is 210 g/mol. The first-order chi connectivity index (χ1) is 8.08. The van der Waals surface area contributed by atoms with Crippen LogP contribution in [0, 0.1) is 11.8 Å². The fourth-order valence-electron chi connectivity index (χ4n) is 1.83. The SMILES string of the molecule is CC(C)CCCCn1cc(CCC(C)C)nn1. The van der Waals surface area contributed by atoms with Crippen molar-refractivity contribution in [1.29, 1.82) is 0 Å². The Hall–Kier alpha value is -0.860. The highest BCUT2D eigenvalue weighted by Crippen LogP contribution is 2.08. The topological polar surface area (TPSA) is 30.7 Å². The first-order valence-electron chi connectivity index (χ1n) is 6.97. The second kappa shape index (κ2) is 7.46. The summed E-state index contributed by atoms with van der Waals surface area (Å²) in [5, 5.41) is 8.39. The smallest absolute Gasteiger partial charge is 0.0827 e. The largest absolute Gasteiger partial charge is 0.252 e. The zero-order valence-electron chi connectivity index (χ0n) is 11.8. The van der Waals surface area contributed by atoms with Gasteiger partial charge in [0.25, 0.3) is 0 Å². The summed E-state index contributed by atoms with van der Waals surface area (Å²) in [6, 6.07) is 0. The van der Waals surface area contributed by atoms with E-state index in [1.54, 1.807) is 0 Å². The summed E-state index contributed by atoms with van der Waals surface area (Å²) < 4.78 is 2.00. The van der Waals surface area contributed by atoms with Gasteiger partial charge in [-0.1, -0.05) is 45.7 Å². The molecule has 1 aromatic heterocycles. The molecule has 0 atom stereocenters. The van der Waals surface area contributed by atoms with Crippen molar-refractivity contribution in [3.63, 3.8) is 0 Å². The normalized spacial score (nSPS) is 11.6. The predicted molar refractivity (Wildman–Crippen MR) is 71.9 cm³/mol. The monoisotopic (exact) mass is 237 g/mol. The molecule has 0 saturated heterocycles. The lowest BCUT2D eigenvalue weighted by molar-refractivity contribution is 0.485. The lowest BCUT2D eigenvalue weighted by Crippen LogP contribution is -1.99. The molecule has 0 aliphatic heterocycles. The third-order valence-electron chi connectivity index (χ3n) is 2.98. The van der Waals surface area contributed by atoms with E-state index in [0.717, 1.165) is 30.5 Å². The maximum Gasteiger partial charge on any atom is 0.0827 e. The minimum atomic E-state index is 0.742. The molecule has 17 heavy (non-hydrogen) atoms. The lowest BCUT2D eigenvalue weighted by atomic mass is 10.1. The van der Waals surface area contributed by atoms with Gasteiger partial charge in [-0.3, -0.25) is 4.68 Å². The molecule has 0 fully saturated rings. The number of hydrogen-bond acceptors (Lipinski definition) is 2. The van der Waals surface area contributed by atoms with Gasteiger partial charge >= 0.3 is 0 Å². The van der Waals surface area contributed by atoms with Crippen LogP contribution in [0.5, 0.6) is 0 Å². The van der Waals surface area contributed by atoms with Gasteiger partial charge in [0.1, 0.15) is 0 Å². The Balaban J connectivity index is 2.21. The molecule has 0 bridgehead atoms. The zero-order valence-corrected chi connectivity index (χ0v) is 11.8. The Labute approximate surface area is 106 Å². The summed E-state index contributed by atoms with van der Waals surface area (Å²) in [7, 11) is 0. The van der Waals surface area contributed by atoms with Crippen LogP contribution in [-0.2, 0) is 13.0 Å². The van der Waals surface area contributed by atoms with Crippen LogP contribution in [0.3, 0.4) is 0 Å². The van der Waals surface area contributed by atoms with Gasteiger partial charge < -0.3 is 0 Å². The van der Waals surface area contributed by atoms with E-state index in [9.17, 15) is 0 Å². The molecule has 0 spiro atoms. The van der Waals surface area contributed by atoms with Crippen molar-refractivity contribution in [2.45, 2.75) is 66.3 Å². The number of rotatable bonds is 8. The van der Waals surface area contributed by atoms with Gasteiger partial charge in [-0.25, -0.2) is 0 Å². The maximum atomic E-state index is 4.21. The highest BCUT2D eigenvalue weighted by atomic mass is 15.4. The van der Waals surface area contributed by atoms with Crippen molar-refractivity contribution in [1.82, 2.24) is 15.0 Å². The minimum absolute atomic E-state index is 0.742. The lowest BCUT2D eigenvalue weighted by Gasteiger charge is -2.03. The molecule has 0 radical (unpaired) electrons. The first kappa shape index (κ1) is 14.2. The summed E-state index contributed by atoms with van der Waals surface area (Å²) >= 11 is 0. The Kier molecular flexibility index (Phi) is 6.23. The average molecular weight is 237 g/mol. The van der Waals surface area contributed by atoms with Gasteiger partial charge in [0.15, 0.2) is 0 Å². The number of hydrogen-bond donors (Lipinski definition) is 0. The third-order valence-corrected chi connectivity index (χ3v) is 2.98. The minimum Gasteiger partial charge on any atom is -0.252 e. The number of aryl methyl sites for hydroxylation is 2. The van der Waals surface area contributed by atoms with Gasteiger partial charge in [-0.2, -0.15) is 0 Å². The Bertz CT molecular complexity index is 302. The van der Waals surface area contributed by atoms with E-state index in [1.165, 1.54) is 25.7 Å². The van der Waals surface area contributed by atoms with E-state index in [0.29, 0.717) is 0 Å². The molecule has 0 aliphatic carbocycles. The summed E-state index contributed by atoms with van der Waals surface area (Å²) in [6.45, 7) is 10.1. The molecule has 1 heterocycles. The van der Waals surface area contributed by atoms with Crippen LogP contribution < -0.4 is 0 Å². The Morgan fingerprint density at radius 2 is 1.76 bits per heavy atom. The standard InChI is InChI=1S/C14H27N3/c1-12(2)7-5-6-10-17-11-14(15-16-17)9-8-13(3)4/h11-13H,5-10H2,1-4H3. The number of unbranched alkanes of at least 4 members (excludes halogenated alkanes) is 1. The molecule has 0 N–H and O–H groups in total. The molecule has 0 aliphatic rings. The first-order valence-corrected chi connectivity index (χ1v) is 6.97. The van der Waals surface area contributed by atoms with E-state index < -0.39 is 0 Å². The van der Waals surface area contributed by atoms with Crippen molar-refractivity contribution >= 4 is 0 Å². The summed E-state index contributed by atoms with van der Waals surface area (Å²) in [4.78, 5) is 0. The van der Waals surface area contributed by atoms with Crippen LogP contribution >= 0.6 is 0 Å². The molecular formula is C14H27N3. The van der Waals surface area contributed by atoms with E-state index in [1.807, 2.05) is 4.68 Å². The van der Waals surface area contributed by atoms with Gasteiger partial charge in [0, 0.05) is 12.7 Å². The van der Waals surface area contributed by atoms with Crippen LogP contribution in [0.25, 0.3) is 0 Å². The van der Waals surface area contributed by atoms with Crippen molar-refractivity contribution in [3.05, 3.63) is 11.9 Å². The van der Waals surface area contributed by atoms with Crippen molar-refractivity contribution in [2.75, 3.05) is 0 Å². The van der Waals surface area contributed by atoms with Crippen LogP contribution in [0.4, 0.5) is 0 Å². The Morgan fingerprint density at radius 1 is 1.06 bits per heavy atom. The molecule has 98 valence electrons. The van der Waals surface area contributed by atoms with E-state index in [-0.39, 0.29) is 0 Å². The fourth-order valence-corrected chi connectivity index (χ4v) is 1.83. The molecule has 1 rings (SSSR count). The van der Waals surface area contributed by atoms with Gasteiger partial charge in [0.2, 0.25) is 0 Å². The molecule has 3 nitrogen and oxygen atoms in total. The second-order valence-corrected chi connectivity index (χ2v) is 5.80. The quantitative estimate of drug-likeness (QED) is 0.646. The summed E-state index contributed by atoms with van der Waals surface area (Å²) in [5.41, 5.74) is 1.14. The predicted octanol–water partition coefficient (Wildman–Crippen LogP) is 3.69. The summed E-state index contributed by atoms with van der Waals surface area (Å²) in [6.07, 6.45) is 8.19. The molecule has 0 saturated carbocycles. The van der Waals surface area contributed by atoms with Crippen LogP contribution in [-0.4, -0.2) is 15.0 Å². The molecule has 3 heteroatoms.